The maximum absolute atomic E-state index is 13.3. The number of carbonyl (C=O) groups excluding carboxylic acids is 1. The minimum Gasteiger partial charge on any atom is -0.337 e. The molecule has 1 fully saturated rings. The molecule has 2 aromatic carbocycles. The Kier molecular flexibility index (Phi) is 6.57. The van der Waals surface area contributed by atoms with Crippen LogP contribution in [0.1, 0.15) is 35.6 Å². The summed E-state index contributed by atoms with van der Waals surface area (Å²) in [4.78, 5) is 16.7. The quantitative estimate of drug-likeness (QED) is 0.648. The highest BCUT2D eigenvalue weighted by molar-refractivity contribution is 5.79. The Morgan fingerprint density at radius 2 is 1.62 bits per heavy atom. The van der Waals surface area contributed by atoms with E-state index in [-0.39, 0.29) is 24.2 Å². The van der Waals surface area contributed by atoms with Gasteiger partial charge in [-0.1, -0.05) is 24.3 Å². The van der Waals surface area contributed by atoms with Crippen LogP contribution >= 0.6 is 0 Å². The maximum Gasteiger partial charge on any atom is 0.416 e. The van der Waals surface area contributed by atoms with Crippen molar-refractivity contribution < 1.29 is 22.4 Å². The Balaban J connectivity index is 1.74. The molecule has 1 aliphatic heterocycles. The molecule has 0 N–H and O–H groups in total. The predicted molar refractivity (Wildman–Crippen MR) is 103 cm³/mol. The Morgan fingerprint density at radius 3 is 2.17 bits per heavy atom. The molecule has 1 saturated heterocycles. The number of hydrogen-bond donors (Lipinski definition) is 0. The molecule has 7 heteroatoms. The zero-order chi connectivity index (χ0) is 21.0. The Morgan fingerprint density at radius 1 is 1.03 bits per heavy atom. The Bertz CT molecular complexity index is 812. The highest BCUT2D eigenvalue weighted by Gasteiger charge is 2.30. The van der Waals surface area contributed by atoms with E-state index in [9.17, 15) is 22.4 Å². The first-order chi connectivity index (χ1) is 13.7. The van der Waals surface area contributed by atoms with Crippen LogP contribution in [-0.4, -0.2) is 42.4 Å². The smallest absolute Gasteiger partial charge is 0.337 e. The van der Waals surface area contributed by atoms with Gasteiger partial charge in [0.05, 0.1) is 18.0 Å². The summed E-state index contributed by atoms with van der Waals surface area (Å²) in [5.74, 6) is -0.536. The topological polar surface area (TPSA) is 23.6 Å². The second-order valence-electron chi connectivity index (χ2n) is 7.45. The fourth-order valence-corrected chi connectivity index (χ4v) is 3.63. The Hall–Kier alpha value is -2.41. The minimum atomic E-state index is -4.40. The molecule has 0 aromatic heterocycles. The van der Waals surface area contributed by atoms with Gasteiger partial charge in [0.25, 0.3) is 0 Å². The number of amides is 1. The van der Waals surface area contributed by atoms with Crippen LogP contribution in [-0.2, 0) is 17.4 Å². The van der Waals surface area contributed by atoms with Crippen molar-refractivity contribution in [2.75, 3.05) is 26.7 Å². The highest BCUT2D eigenvalue weighted by Crippen LogP contribution is 2.29. The molecule has 1 amide bonds. The van der Waals surface area contributed by atoms with Crippen molar-refractivity contribution in [3.05, 3.63) is 71.0 Å². The summed E-state index contributed by atoms with van der Waals surface area (Å²) >= 11 is 0. The number of carbonyl (C=O) groups is 1. The van der Waals surface area contributed by atoms with Crippen LogP contribution in [0.15, 0.2) is 48.5 Å². The number of likely N-dealkylation sites (N-methyl/N-ethyl adjacent to an activating group) is 1. The SMILES string of the molecule is CN(C(=O)Cc1ccc(C(F)(F)F)cc1)C(CN1CCCC1)c1ccc(F)cc1. The number of rotatable bonds is 6. The summed E-state index contributed by atoms with van der Waals surface area (Å²) in [6.07, 6.45) is -2.17. The van der Waals surface area contributed by atoms with Crippen LogP contribution < -0.4 is 0 Å². The van der Waals surface area contributed by atoms with Crippen LogP contribution in [0, 0.1) is 5.82 Å². The fraction of sp³-hybridized carbons (Fsp3) is 0.409. The fourth-order valence-electron chi connectivity index (χ4n) is 3.63. The molecule has 1 heterocycles. The molecule has 2 aromatic rings. The van der Waals surface area contributed by atoms with Gasteiger partial charge in [0.1, 0.15) is 5.82 Å². The van der Waals surface area contributed by atoms with E-state index in [0.717, 1.165) is 43.6 Å². The number of alkyl halides is 3. The normalized spacial score (nSPS) is 16.0. The zero-order valence-corrected chi connectivity index (χ0v) is 16.3. The van der Waals surface area contributed by atoms with E-state index in [1.807, 2.05) is 0 Å². The lowest BCUT2D eigenvalue weighted by molar-refractivity contribution is -0.137. The monoisotopic (exact) mass is 408 g/mol. The summed E-state index contributed by atoms with van der Waals surface area (Å²) in [6.45, 7) is 2.55. The zero-order valence-electron chi connectivity index (χ0n) is 16.3. The molecule has 1 aliphatic rings. The van der Waals surface area contributed by atoms with Gasteiger partial charge in [-0.15, -0.1) is 0 Å². The van der Waals surface area contributed by atoms with Crippen molar-refractivity contribution in [1.29, 1.82) is 0 Å². The Labute approximate surface area is 167 Å². The average molecular weight is 408 g/mol. The van der Waals surface area contributed by atoms with Crippen molar-refractivity contribution >= 4 is 5.91 Å². The molecule has 3 rings (SSSR count). The number of halogens is 4. The predicted octanol–water partition coefficient (Wildman–Crippen LogP) is 4.68. The second kappa shape index (κ2) is 8.95. The van der Waals surface area contributed by atoms with Gasteiger partial charge in [-0.3, -0.25) is 4.79 Å². The van der Waals surface area contributed by atoms with Crippen LogP contribution in [0.2, 0.25) is 0 Å². The van der Waals surface area contributed by atoms with Gasteiger partial charge in [0.15, 0.2) is 0 Å². The second-order valence-corrected chi connectivity index (χ2v) is 7.45. The summed E-state index contributed by atoms with van der Waals surface area (Å²) in [7, 11) is 1.69. The lowest BCUT2D eigenvalue weighted by Crippen LogP contribution is -2.39. The molecule has 1 atom stereocenters. The van der Waals surface area contributed by atoms with Gasteiger partial charge in [-0.2, -0.15) is 13.2 Å². The molecule has 0 radical (unpaired) electrons. The van der Waals surface area contributed by atoms with Crippen molar-refractivity contribution in [3.63, 3.8) is 0 Å². The van der Waals surface area contributed by atoms with Crippen molar-refractivity contribution in [1.82, 2.24) is 9.80 Å². The molecule has 1 unspecified atom stereocenters. The number of likely N-dealkylation sites (tertiary alicyclic amines) is 1. The van der Waals surface area contributed by atoms with Crippen molar-refractivity contribution in [3.8, 4) is 0 Å². The van der Waals surface area contributed by atoms with E-state index in [0.29, 0.717) is 12.1 Å². The molecule has 0 spiro atoms. The average Bonchev–Trinajstić information content (AvgIpc) is 3.19. The molecule has 3 nitrogen and oxygen atoms in total. The van der Waals surface area contributed by atoms with E-state index in [4.69, 9.17) is 0 Å². The molecule has 0 saturated carbocycles. The lowest BCUT2D eigenvalue weighted by atomic mass is 10.0. The van der Waals surface area contributed by atoms with Gasteiger partial charge < -0.3 is 9.80 Å². The summed E-state index contributed by atoms with van der Waals surface area (Å²) in [5.41, 5.74) is 0.621. The third kappa shape index (κ3) is 5.56. The van der Waals surface area contributed by atoms with Crippen LogP contribution in [0.4, 0.5) is 17.6 Å². The number of hydrogen-bond acceptors (Lipinski definition) is 2. The first-order valence-corrected chi connectivity index (χ1v) is 9.63. The van der Waals surface area contributed by atoms with Crippen LogP contribution in [0.3, 0.4) is 0 Å². The molecule has 0 aliphatic carbocycles. The van der Waals surface area contributed by atoms with Gasteiger partial charge in [-0.25, -0.2) is 4.39 Å². The maximum atomic E-state index is 13.3. The molecular weight excluding hydrogens is 384 g/mol. The molecule has 156 valence electrons. The van der Waals surface area contributed by atoms with Gasteiger partial charge in [0, 0.05) is 13.6 Å². The minimum absolute atomic E-state index is 0.00628. The van der Waals surface area contributed by atoms with E-state index >= 15 is 0 Å². The van der Waals surface area contributed by atoms with E-state index < -0.39 is 11.7 Å². The van der Waals surface area contributed by atoms with E-state index in [1.54, 1.807) is 24.1 Å². The first kappa shape index (κ1) is 21.3. The lowest BCUT2D eigenvalue weighted by Gasteiger charge is -2.32. The number of nitrogens with zero attached hydrogens (tertiary/aromatic N) is 2. The third-order valence-corrected chi connectivity index (χ3v) is 5.38. The van der Waals surface area contributed by atoms with E-state index in [1.165, 1.54) is 24.3 Å². The number of benzene rings is 2. The van der Waals surface area contributed by atoms with Gasteiger partial charge >= 0.3 is 6.18 Å². The standard InChI is InChI=1S/C22H24F4N2O/c1-27(21(29)14-16-4-8-18(9-5-16)22(24,25)26)20(15-28-12-2-3-13-28)17-6-10-19(23)11-7-17/h4-11,20H,2-3,12-15H2,1H3. The van der Waals surface area contributed by atoms with Crippen LogP contribution in [0.5, 0.6) is 0 Å². The largest absolute Gasteiger partial charge is 0.416 e. The molecular formula is C22H24F4N2O. The molecule has 0 bridgehead atoms. The first-order valence-electron chi connectivity index (χ1n) is 9.63. The van der Waals surface area contributed by atoms with E-state index in [2.05, 4.69) is 4.90 Å². The summed E-state index contributed by atoms with van der Waals surface area (Å²) in [5, 5.41) is 0. The van der Waals surface area contributed by atoms with Crippen molar-refractivity contribution in [2.24, 2.45) is 0 Å². The molecule has 29 heavy (non-hydrogen) atoms. The van der Waals surface area contributed by atoms with Crippen LogP contribution in [0.25, 0.3) is 0 Å². The van der Waals surface area contributed by atoms with Crippen molar-refractivity contribution in [2.45, 2.75) is 31.5 Å². The summed E-state index contributed by atoms with van der Waals surface area (Å²) < 4.78 is 51.5. The third-order valence-electron chi connectivity index (χ3n) is 5.38. The summed E-state index contributed by atoms with van der Waals surface area (Å²) in [6, 6.07) is 10.5. The highest BCUT2D eigenvalue weighted by atomic mass is 19.4. The van der Waals surface area contributed by atoms with Gasteiger partial charge in [-0.05, 0) is 61.3 Å². The van der Waals surface area contributed by atoms with Gasteiger partial charge in [0.2, 0.25) is 5.91 Å².